The van der Waals surface area contributed by atoms with Gasteiger partial charge in [-0.1, -0.05) is 18.2 Å². The Labute approximate surface area is 148 Å². The van der Waals surface area contributed by atoms with Crippen molar-refractivity contribution in [2.75, 3.05) is 26.0 Å². The maximum Gasteiger partial charge on any atom is 0.244 e. The van der Waals surface area contributed by atoms with Crippen molar-refractivity contribution in [3.8, 4) is 5.75 Å². The van der Waals surface area contributed by atoms with Crippen LogP contribution in [0.25, 0.3) is 0 Å². The maximum atomic E-state index is 13.6. The number of amides is 2. The van der Waals surface area contributed by atoms with E-state index in [9.17, 15) is 22.8 Å². The lowest BCUT2D eigenvalue weighted by Gasteiger charge is -2.18. The van der Waals surface area contributed by atoms with Crippen LogP contribution in [-0.4, -0.2) is 37.4 Å². The Balaban J connectivity index is 1.98. The van der Waals surface area contributed by atoms with E-state index >= 15 is 0 Å². The van der Waals surface area contributed by atoms with Crippen molar-refractivity contribution < 1.29 is 27.5 Å². The summed E-state index contributed by atoms with van der Waals surface area (Å²) < 4.78 is 44.8. The summed E-state index contributed by atoms with van der Waals surface area (Å²) in [6.07, 6.45) is 0.00727. The number of likely N-dealkylation sites (N-methyl/N-ethyl adjacent to an activating group) is 1. The molecule has 2 rings (SSSR count). The third-order valence-electron chi connectivity index (χ3n) is 3.65. The monoisotopic (exact) mass is 366 g/mol. The summed E-state index contributed by atoms with van der Waals surface area (Å²) in [4.78, 5) is 25.3. The molecule has 0 fully saturated rings. The summed E-state index contributed by atoms with van der Waals surface area (Å²) in [5.41, 5.74) is 0.151. The number of carbonyl (C=O) groups excluding carboxylic acids is 2. The van der Waals surface area contributed by atoms with Gasteiger partial charge in [-0.05, 0) is 18.2 Å². The number of rotatable bonds is 6. The molecule has 2 amide bonds. The molecule has 0 aliphatic rings. The smallest absolute Gasteiger partial charge is 0.244 e. The lowest BCUT2D eigenvalue weighted by Crippen LogP contribution is -2.36. The highest BCUT2D eigenvalue weighted by Crippen LogP contribution is 2.20. The Morgan fingerprint density at radius 1 is 1.08 bits per heavy atom. The molecule has 0 spiro atoms. The molecule has 0 heterocycles. The van der Waals surface area contributed by atoms with E-state index in [1.165, 1.54) is 14.2 Å². The van der Waals surface area contributed by atoms with Crippen molar-refractivity contribution in [3.63, 3.8) is 0 Å². The standard InChI is InChI=1S/C18H17F3N2O3/c1-23(16(25)9-11-5-3-4-6-14(11)26-2)10-15(24)22-13-8-7-12(19)17(20)18(13)21/h3-8H,9-10H2,1-2H3,(H,22,24). The van der Waals surface area contributed by atoms with Gasteiger partial charge in [-0.25, -0.2) is 13.2 Å². The molecule has 2 aromatic rings. The van der Waals surface area contributed by atoms with E-state index in [2.05, 4.69) is 5.32 Å². The number of para-hydroxylation sites is 1. The summed E-state index contributed by atoms with van der Waals surface area (Å²) in [6.45, 7) is -0.383. The number of benzene rings is 2. The van der Waals surface area contributed by atoms with Crippen LogP contribution in [0.5, 0.6) is 5.75 Å². The van der Waals surface area contributed by atoms with Crippen molar-refractivity contribution in [1.29, 1.82) is 0 Å². The molecule has 0 unspecified atom stereocenters. The van der Waals surface area contributed by atoms with Gasteiger partial charge in [0.1, 0.15) is 5.75 Å². The molecule has 26 heavy (non-hydrogen) atoms. The van der Waals surface area contributed by atoms with Crippen molar-refractivity contribution >= 4 is 17.5 Å². The van der Waals surface area contributed by atoms with Crippen LogP contribution in [0.3, 0.4) is 0 Å². The first-order valence-electron chi connectivity index (χ1n) is 7.62. The number of anilines is 1. The molecule has 5 nitrogen and oxygen atoms in total. The second-order valence-corrected chi connectivity index (χ2v) is 5.51. The molecule has 0 radical (unpaired) electrons. The molecule has 2 aromatic carbocycles. The van der Waals surface area contributed by atoms with Gasteiger partial charge in [0.05, 0.1) is 25.8 Å². The van der Waals surface area contributed by atoms with Crippen LogP contribution in [0, 0.1) is 17.5 Å². The van der Waals surface area contributed by atoms with Gasteiger partial charge < -0.3 is 15.0 Å². The van der Waals surface area contributed by atoms with Crippen molar-refractivity contribution in [2.24, 2.45) is 0 Å². The van der Waals surface area contributed by atoms with Crippen molar-refractivity contribution in [3.05, 3.63) is 59.4 Å². The first-order chi connectivity index (χ1) is 12.3. The van der Waals surface area contributed by atoms with Crippen LogP contribution < -0.4 is 10.1 Å². The molecule has 0 aliphatic carbocycles. The molecule has 0 aromatic heterocycles. The minimum atomic E-state index is -1.68. The highest BCUT2D eigenvalue weighted by atomic mass is 19.2. The minimum Gasteiger partial charge on any atom is -0.496 e. The molecule has 1 N–H and O–H groups in total. The molecule has 0 bridgehead atoms. The quantitative estimate of drug-likeness (QED) is 0.800. The van der Waals surface area contributed by atoms with Gasteiger partial charge >= 0.3 is 0 Å². The second kappa shape index (κ2) is 8.37. The van der Waals surface area contributed by atoms with Crippen LogP contribution in [0.1, 0.15) is 5.56 Å². The number of halogens is 3. The van der Waals surface area contributed by atoms with Gasteiger partial charge in [0, 0.05) is 12.6 Å². The van der Waals surface area contributed by atoms with E-state index in [-0.39, 0.29) is 18.9 Å². The van der Waals surface area contributed by atoms with E-state index in [1.54, 1.807) is 24.3 Å². The first kappa shape index (κ1) is 19.3. The van der Waals surface area contributed by atoms with Crippen molar-refractivity contribution in [2.45, 2.75) is 6.42 Å². The predicted octanol–water partition coefficient (Wildman–Crippen LogP) is 2.75. The Kier molecular flexibility index (Phi) is 6.21. The minimum absolute atomic E-state index is 0.00727. The van der Waals surface area contributed by atoms with Gasteiger partial charge in [0.25, 0.3) is 0 Å². The molecule has 0 atom stereocenters. The Morgan fingerprint density at radius 3 is 2.46 bits per heavy atom. The average molecular weight is 366 g/mol. The third-order valence-corrected chi connectivity index (χ3v) is 3.65. The highest BCUT2D eigenvalue weighted by molar-refractivity contribution is 5.94. The van der Waals surface area contributed by atoms with E-state index < -0.39 is 29.0 Å². The Hall–Kier alpha value is -3.03. The number of hydrogen-bond acceptors (Lipinski definition) is 3. The number of nitrogens with one attached hydrogen (secondary N) is 1. The number of carbonyl (C=O) groups is 2. The van der Waals surface area contributed by atoms with E-state index in [0.29, 0.717) is 17.4 Å². The topological polar surface area (TPSA) is 58.6 Å². The summed E-state index contributed by atoms with van der Waals surface area (Å²) >= 11 is 0. The van der Waals surface area contributed by atoms with E-state index in [1.807, 2.05) is 0 Å². The lowest BCUT2D eigenvalue weighted by molar-refractivity contribution is -0.132. The molecular formula is C18H17F3N2O3. The van der Waals surface area contributed by atoms with Crippen LogP contribution in [0.15, 0.2) is 36.4 Å². The second-order valence-electron chi connectivity index (χ2n) is 5.51. The van der Waals surface area contributed by atoms with Gasteiger partial charge in [-0.2, -0.15) is 0 Å². The average Bonchev–Trinajstić information content (AvgIpc) is 2.62. The van der Waals surface area contributed by atoms with Gasteiger partial charge in [-0.3, -0.25) is 9.59 Å². The zero-order valence-electron chi connectivity index (χ0n) is 14.2. The molecule has 8 heteroatoms. The molecule has 0 saturated heterocycles. The largest absolute Gasteiger partial charge is 0.496 e. The zero-order chi connectivity index (χ0) is 19.3. The van der Waals surface area contributed by atoms with E-state index in [4.69, 9.17) is 4.74 Å². The van der Waals surface area contributed by atoms with Gasteiger partial charge in [-0.15, -0.1) is 0 Å². The Morgan fingerprint density at radius 2 is 1.77 bits per heavy atom. The normalized spacial score (nSPS) is 10.3. The predicted molar refractivity (Wildman–Crippen MR) is 89.3 cm³/mol. The SMILES string of the molecule is COc1ccccc1CC(=O)N(C)CC(=O)Nc1ccc(F)c(F)c1F. The fourth-order valence-electron chi connectivity index (χ4n) is 2.26. The fraction of sp³-hybridized carbons (Fsp3) is 0.222. The summed E-state index contributed by atoms with van der Waals surface area (Å²) in [5.74, 6) is -5.10. The van der Waals surface area contributed by atoms with E-state index in [0.717, 1.165) is 11.0 Å². The van der Waals surface area contributed by atoms with Crippen molar-refractivity contribution in [1.82, 2.24) is 4.90 Å². The van der Waals surface area contributed by atoms with Crippen LogP contribution in [0.2, 0.25) is 0 Å². The molecular weight excluding hydrogens is 349 g/mol. The number of methoxy groups -OCH3 is 1. The number of nitrogens with zero attached hydrogens (tertiary/aromatic N) is 1. The summed E-state index contributed by atoms with van der Waals surface area (Å²) in [6, 6.07) is 8.55. The number of hydrogen-bond donors (Lipinski definition) is 1. The van der Waals surface area contributed by atoms with Crippen LogP contribution in [-0.2, 0) is 16.0 Å². The molecule has 138 valence electrons. The highest BCUT2D eigenvalue weighted by Gasteiger charge is 2.18. The molecule has 0 aliphatic heterocycles. The lowest BCUT2D eigenvalue weighted by atomic mass is 10.1. The Bertz CT molecular complexity index is 827. The summed E-state index contributed by atoms with van der Waals surface area (Å²) in [7, 11) is 2.88. The third kappa shape index (κ3) is 4.53. The van der Waals surface area contributed by atoms with Gasteiger partial charge in [0.2, 0.25) is 11.8 Å². The number of ether oxygens (including phenoxy) is 1. The molecule has 0 saturated carbocycles. The maximum absolute atomic E-state index is 13.6. The van der Waals surface area contributed by atoms with Crippen LogP contribution >= 0.6 is 0 Å². The summed E-state index contributed by atoms with van der Waals surface area (Å²) in [5, 5.41) is 2.11. The van der Waals surface area contributed by atoms with Gasteiger partial charge in [0.15, 0.2) is 17.5 Å². The zero-order valence-corrected chi connectivity index (χ0v) is 14.2. The fourth-order valence-corrected chi connectivity index (χ4v) is 2.26. The van der Waals surface area contributed by atoms with Crippen LogP contribution in [0.4, 0.5) is 18.9 Å². The first-order valence-corrected chi connectivity index (χ1v) is 7.62.